The second-order valence-electron chi connectivity index (χ2n) is 6.86. The molecule has 0 atom stereocenters. The van der Waals surface area contributed by atoms with Gasteiger partial charge in [0.1, 0.15) is 13.2 Å². The van der Waals surface area contributed by atoms with Crippen molar-refractivity contribution in [3.05, 3.63) is 18.2 Å². The number of aromatic nitrogens is 4. The lowest BCUT2D eigenvalue weighted by molar-refractivity contribution is -0.131. The number of carbonyl (C=O) groups is 2. The number of hydrogen-bond acceptors (Lipinski definition) is 8. The first-order valence-corrected chi connectivity index (χ1v) is 10.6. The molecular weight excluding hydrogens is 396 g/mol. The van der Waals surface area contributed by atoms with E-state index in [0.717, 1.165) is 25.7 Å². The largest absolute Gasteiger partial charge is 0.486 e. The van der Waals surface area contributed by atoms with Gasteiger partial charge in [-0.15, -0.1) is 5.10 Å². The predicted octanol–water partition coefficient (Wildman–Crippen LogP) is 1.25. The van der Waals surface area contributed by atoms with Crippen LogP contribution in [0.3, 0.4) is 0 Å². The molecule has 1 aliphatic heterocycles. The normalized spacial score (nSPS) is 16.3. The smallest absolute Gasteiger partial charge is 0.248 e. The summed E-state index contributed by atoms with van der Waals surface area (Å²) in [7, 11) is 0. The molecule has 1 fully saturated rings. The Morgan fingerprint density at radius 2 is 1.90 bits per heavy atom. The van der Waals surface area contributed by atoms with Gasteiger partial charge in [-0.2, -0.15) is 4.68 Å². The van der Waals surface area contributed by atoms with Crippen molar-refractivity contribution in [2.24, 2.45) is 5.92 Å². The number of hydrogen-bond donors (Lipinski definition) is 2. The van der Waals surface area contributed by atoms with Gasteiger partial charge in [0, 0.05) is 12.0 Å². The van der Waals surface area contributed by atoms with Gasteiger partial charge in [-0.25, -0.2) is 0 Å². The molecule has 2 heterocycles. The van der Waals surface area contributed by atoms with Crippen LogP contribution < -0.4 is 20.3 Å². The van der Waals surface area contributed by atoms with Crippen LogP contribution in [0.5, 0.6) is 11.5 Å². The van der Waals surface area contributed by atoms with E-state index in [1.807, 2.05) is 6.07 Å². The number of benzene rings is 1. The number of fused-ring (bicyclic) bond motifs is 1. The molecule has 2 aromatic rings. The van der Waals surface area contributed by atoms with Crippen molar-refractivity contribution in [1.29, 1.82) is 0 Å². The van der Waals surface area contributed by atoms with Crippen LogP contribution in [-0.2, 0) is 9.59 Å². The molecule has 154 valence electrons. The van der Waals surface area contributed by atoms with Crippen molar-refractivity contribution in [3.63, 3.8) is 0 Å². The number of thioether (sulfide) groups is 1. The molecule has 4 rings (SSSR count). The van der Waals surface area contributed by atoms with Crippen molar-refractivity contribution < 1.29 is 19.1 Å². The van der Waals surface area contributed by atoms with E-state index in [1.54, 1.807) is 12.1 Å². The Bertz CT molecular complexity index is 883. The molecule has 0 radical (unpaired) electrons. The molecule has 1 saturated carbocycles. The Morgan fingerprint density at radius 1 is 1.10 bits per heavy atom. The highest BCUT2D eigenvalue weighted by molar-refractivity contribution is 7.99. The van der Waals surface area contributed by atoms with Crippen molar-refractivity contribution in [3.8, 4) is 17.2 Å². The Kier molecular flexibility index (Phi) is 6.13. The van der Waals surface area contributed by atoms with Gasteiger partial charge < -0.3 is 9.47 Å². The lowest BCUT2D eigenvalue weighted by atomic mass is 9.89. The van der Waals surface area contributed by atoms with Gasteiger partial charge in [-0.05, 0) is 35.4 Å². The average Bonchev–Trinajstić information content (AvgIpc) is 3.25. The predicted molar refractivity (Wildman–Crippen MR) is 104 cm³/mol. The van der Waals surface area contributed by atoms with Crippen molar-refractivity contribution in [2.45, 2.75) is 37.3 Å². The summed E-state index contributed by atoms with van der Waals surface area (Å²) in [6.45, 7) is 1.01. The van der Waals surface area contributed by atoms with Crippen LogP contribution in [0.25, 0.3) is 5.69 Å². The third-order valence-corrected chi connectivity index (χ3v) is 5.76. The highest BCUT2D eigenvalue weighted by atomic mass is 32.2. The standard InChI is InChI=1S/C18H22N6O4S/c25-16(19-20-17(26)12-4-2-1-3-5-12)11-29-18-21-22-23-24(18)13-6-7-14-15(10-13)28-9-8-27-14/h6-7,10,12H,1-5,8-9,11H2,(H,19,25)(H,20,26). The maximum atomic E-state index is 12.1. The number of amides is 2. The topological polar surface area (TPSA) is 120 Å². The summed E-state index contributed by atoms with van der Waals surface area (Å²) in [5.41, 5.74) is 5.69. The molecule has 11 heteroatoms. The Morgan fingerprint density at radius 3 is 2.72 bits per heavy atom. The molecule has 1 aliphatic carbocycles. The fourth-order valence-corrected chi connectivity index (χ4v) is 4.05. The number of rotatable bonds is 5. The van der Waals surface area contributed by atoms with Crippen LogP contribution in [0.15, 0.2) is 23.4 Å². The Hall–Kier alpha value is -2.82. The van der Waals surface area contributed by atoms with Crippen molar-refractivity contribution >= 4 is 23.6 Å². The zero-order chi connectivity index (χ0) is 20.1. The minimum absolute atomic E-state index is 0.0146. The van der Waals surface area contributed by atoms with Crippen LogP contribution in [0.1, 0.15) is 32.1 Å². The van der Waals surface area contributed by atoms with Gasteiger partial charge in [0.25, 0.3) is 0 Å². The molecule has 1 aromatic carbocycles. The molecule has 29 heavy (non-hydrogen) atoms. The fraction of sp³-hybridized carbons (Fsp3) is 0.500. The summed E-state index contributed by atoms with van der Waals surface area (Å²) in [5.74, 6) is 0.911. The number of carbonyl (C=O) groups excluding carboxylic acids is 2. The van der Waals surface area contributed by atoms with Crippen LogP contribution in [0.4, 0.5) is 0 Å². The van der Waals surface area contributed by atoms with E-state index in [4.69, 9.17) is 9.47 Å². The summed E-state index contributed by atoms with van der Waals surface area (Å²) in [6, 6.07) is 5.41. The van der Waals surface area contributed by atoms with Crippen molar-refractivity contribution in [2.75, 3.05) is 19.0 Å². The summed E-state index contributed by atoms with van der Waals surface area (Å²) in [6.07, 6.45) is 5.04. The van der Waals surface area contributed by atoms with E-state index in [-0.39, 0.29) is 23.5 Å². The SMILES string of the molecule is O=C(CSc1nnnn1-c1ccc2c(c1)OCCO2)NNC(=O)C1CCCCC1. The van der Waals surface area contributed by atoms with Gasteiger partial charge in [-0.3, -0.25) is 20.4 Å². The zero-order valence-corrected chi connectivity index (χ0v) is 16.6. The van der Waals surface area contributed by atoms with E-state index in [9.17, 15) is 9.59 Å². The number of tetrazole rings is 1. The number of hydrazine groups is 1. The van der Waals surface area contributed by atoms with E-state index >= 15 is 0 Å². The fourth-order valence-electron chi connectivity index (χ4n) is 3.36. The lowest BCUT2D eigenvalue weighted by Crippen LogP contribution is -2.45. The molecular formula is C18H22N6O4S. The maximum Gasteiger partial charge on any atom is 0.248 e. The Labute approximate surface area is 171 Å². The first-order chi connectivity index (χ1) is 14.2. The number of ether oxygens (including phenoxy) is 2. The number of nitrogens with zero attached hydrogens (tertiary/aromatic N) is 4. The molecule has 10 nitrogen and oxygen atoms in total. The minimum atomic E-state index is -0.323. The van der Waals surface area contributed by atoms with Crippen LogP contribution in [0.2, 0.25) is 0 Å². The van der Waals surface area contributed by atoms with E-state index in [1.165, 1.54) is 22.9 Å². The monoisotopic (exact) mass is 418 g/mol. The third-order valence-electron chi connectivity index (χ3n) is 4.84. The summed E-state index contributed by atoms with van der Waals surface area (Å²) < 4.78 is 12.6. The highest BCUT2D eigenvalue weighted by Gasteiger charge is 2.21. The molecule has 0 saturated heterocycles. The molecule has 0 unspecified atom stereocenters. The van der Waals surface area contributed by atoms with Gasteiger partial charge in [0.2, 0.25) is 17.0 Å². The maximum absolute atomic E-state index is 12.1. The van der Waals surface area contributed by atoms with Gasteiger partial charge in [-0.1, -0.05) is 31.0 Å². The highest BCUT2D eigenvalue weighted by Crippen LogP contribution is 2.32. The number of nitrogens with one attached hydrogen (secondary N) is 2. The van der Waals surface area contributed by atoms with Gasteiger partial charge in [0.05, 0.1) is 11.4 Å². The first kappa shape index (κ1) is 19.5. The second kappa shape index (κ2) is 9.12. The van der Waals surface area contributed by atoms with Gasteiger partial charge in [0.15, 0.2) is 11.5 Å². The molecule has 2 aliphatic rings. The molecule has 2 N–H and O–H groups in total. The van der Waals surface area contributed by atoms with Crippen LogP contribution >= 0.6 is 11.8 Å². The molecule has 1 aromatic heterocycles. The van der Waals surface area contributed by atoms with Gasteiger partial charge >= 0.3 is 0 Å². The quantitative estimate of drug-likeness (QED) is 0.550. The van der Waals surface area contributed by atoms with E-state index in [0.29, 0.717) is 35.6 Å². The van der Waals surface area contributed by atoms with Crippen LogP contribution in [0, 0.1) is 5.92 Å². The Balaban J connectivity index is 1.31. The molecule has 2 amide bonds. The summed E-state index contributed by atoms with van der Waals surface area (Å²) in [4.78, 5) is 24.2. The van der Waals surface area contributed by atoms with Crippen LogP contribution in [-0.4, -0.2) is 51.0 Å². The average molecular weight is 418 g/mol. The zero-order valence-electron chi connectivity index (χ0n) is 15.8. The summed E-state index contributed by atoms with van der Waals surface area (Å²) in [5, 5.41) is 12.1. The molecule has 0 bridgehead atoms. The van der Waals surface area contributed by atoms with E-state index in [2.05, 4.69) is 26.4 Å². The van der Waals surface area contributed by atoms with E-state index < -0.39 is 0 Å². The second-order valence-corrected chi connectivity index (χ2v) is 7.80. The van der Waals surface area contributed by atoms with Crippen molar-refractivity contribution in [1.82, 2.24) is 31.1 Å². The summed E-state index contributed by atoms with van der Waals surface area (Å²) >= 11 is 1.17. The first-order valence-electron chi connectivity index (χ1n) is 9.60. The third kappa shape index (κ3) is 4.78. The lowest BCUT2D eigenvalue weighted by Gasteiger charge is -2.20. The molecule has 0 spiro atoms. The minimum Gasteiger partial charge on any atom is -0.486 e.